The zero-order valence-electron chi connectivity index (χ0n) is 29.2. The van der Waals surface area contributed by atoms with Crippen LogP contribution in [0.5, 0.6) is 0 Å². The molecule has 26 nitrogen and oxygen atoms in total. The maximum atomic E-state index is 11.2. The average Bonchev–Trinajstić information content (AvgIpc) is 3.85. The molecule has 0 aromatic carbocycles. The summed E-state index contributed by atoms with van der Waals surface area (Å²) < 4.78 is 49.6. The van der Waals surface area contributed by atoms with Crippen molar-refractivity contribution in [3.8, 4) is 0 Å². The van der Waals surface area contributed by atoms with E-state index >= 15 is 0 Å². The number of rotatable bonds is 17. The Morgan fingerprint density at radius 3 is 1.46 bits per heavy atom. The topological polar surface area (TPSA) is 427 Å². The molecule has 5 saturated heterocycles. The van der Waals surface area contributed by atoms with Gasteiger partial charge in [0, 0.05) is 0 Å². The van der Waals surface area contributed by atoms with Crippen molar-refractivity contribution >= 4 is 0 Å². The minimum absolute atomic E-state index is 0.743. The molecule has 328 valence electrons. The first kappa shape index (κ1) is 46.0. The van der Waals surface area contributed by atoms with E-state index in [2.05, 4.69) is 0 Å². The van der Waals surface area contributed by atoms with Gasteiger partial charge in [-0.15, -0.1) is 0 Å². The lowest BCUT2D eigenvalue weighted by molar-refractivity contribution is -0.333. The number of aliphatic hydroxyl groups is 17. The molecule has 0 saturated carbocycles. The highest BCUT2D eigenvalue weighted by atomic mass is 16.8. The van der Waals surface area contributed by atoms with E-state index in [1.165, 1.54) is 0 Å². The fourth-order valence-electron chi connectivity index (χ4n) is 6.97. The van der Waals surface area contributed by atoms with Crippen LogP contribution in [0, 0.1) is 0 Å². The lowest BCUT2D eigenvalue weighted by Crippen LogP contribution is -2.60. The van der Waals surface area contributed by atoms with Gasteiger partial charge in [0.25, 0.3) is 0 Å². The molecule has 5 rings (SSSR count). The third-order valence-corrected chi connectivity index (χ3v) is 10.2. The van der Waals surface area contributed by atoms with Crippen molar-refractivity contribution in [1.29, 1.82) is 0 Å². The van der Waals surface area contributed by atoms with Crippen LogP contribution in [0.2, 0.25) is 0 Å². The van der Waals surface area contributed by atoms with Gasteiger partial charge >= 0.3 is 0 Å². The van der Waals surface area contributed by atoms with E-state index in [9.17, 15) is 86.8 Å². The van der Waals surface area contributed by atoms with Crippen LogP contribution < -0.4 is 0 Å². The maximum absolute atomic E-state index is 11.2. The molecule has 26 heteroatoms. The highest BCUT2D eigenvalue weighted by molar-refractivity contribution is 4.99. The molecule has 0 unspecified atom stereocenters. The van der Waals surface area contributed by atoms with E-state index < -0.39 is 187 Å². The zero-order chi connectivity index (χ0) is 41.3. The highest BCUT2D eigenvalue weighted by Gasteiger charge is 2.58. The number of ether oxygens (including phenoxy) is 9. The van der Waals surface area contributed by atoms with Gasteiger partial charge in [-0.1, -0.05) is 0 Å². The van der Waals surface area contributed by atoms with Gasteiger partial charge in [-0.05, 0) is 0 Å². The van der Waals surface area contributed by atoms with Crippen molar-refractivity contribution in [2.75, 3.05) is 33.0 Å². The van der Waals surface area contributed by atoms with Gasteiger partial charge in [0.2, 0.25) is 0 Å². The van der Waals surface area contributed by atoms with Crippen LogP contribution in [-0.2, 0) is 42.6 Å². The largest absolute Gasteiger partial charge is 0.394 e. The van der Waals surface area contributed by atoms with Gasteiger partial charge in [-0.3, -0.25) is 0 Å². The Hall–Kier alpha value is -1.04. The third kappa shape index (κ3) is 9.31. The summed E-state index contributed by atoms with van der Waals surface area (Å²) in [6, 6.07) is 0. The van der Waals surface area contributed by atoms with Crippen LogP contribution in [0.15, 0.2) is 0 Å². The summed E-state index contributed by atoms with van der Waals surface area (Å²) in [5.74, 6) is 0. The first-order valence-electron chi connectivity index (χ1n) is 17.6. The Kier molecular flexibility index (Phi) is 16.1. The lowest BCUT2D eigenvalue weighted by atomic mass is 9.99. The predicted octanol–water partition coefficient (Wildman–Crippen LogP) is -11.9. The molecular formula is C30H52O26. The van der Waals surface area contributed by atoms with Crippen LogP contribution in [0.4, 0.5) is 0 Å². The second kappa shape index (κ2) is 19.6. The molecule has 0 aliphatic carbocycles. The molecule has 17 N–H and O–H groups in total. The van der Waals surface area contributed by atoms with Gasteiger partial charge in [0.05, 0.1) is 33.0 Å². The molecule has 5 fully saturated rings. The molecule has 0 radical (unpaired) electrons. The summed E-state index contributed by atoms with van der Waals surface area (Å²) >= 11 is 0. The molecule has 0 bridgehead atoms. The van der Waals surface area contributed by atoms with E-state index in [-0.39, 0.29) is 0 Å². The minimum Gasteiger partial charge on any atom is -0.394 e. The third-order valence-electron chi connectivity index (χ3n) is 10.2. The molecule has 25 atom stereocenters. The Morgan fingerprint density at radius 1 is 0.429 bits per heavy atom. The first-order chi connectivity index (χ1) is 26.5. The molecule has 0 aromatic heterocycles. The average molecular weight is 829 g/mol. The van der Waals surface area contributed by atoms with Crippen LogP contribution in [0.25, 0.3) is 0 Å². The summed E-state index contributed by atoms with van der Waals surface area (Å²) in [7, 11) is 0. The van der Waals surface area contributed by atoms with Crippen molar-refractivity contribution in [1.82, 2.24) is 0 Å². The van der Waals surface area contributed by atoms with Gasteiger partial charge in [0.1, 0.15) is 122 Å². The molecule has 5 heterocycles. The summed E-state index contributed by atoms with van der Waals surface area (Å²) in [5.41, 5.74) is 0. The summed E-state index contributed by atoms with van der Waals surface area (Å²) in [6.07, 6.45) is -44.8. The van der Waals surface area contributed by atoms with Crippen LogP contribution in [-0.4, -0.2) is 273 Å². The van der Waals surface area contributed by atoms with Crippen molar-refractivity contribution in [2.24, 2.45) is 0 Å². The molecule has 0 aromatic rings. The SMILES string of the molecule is OC[C@@H](O)[C@@H]1O[C@H](O[C@H]2[C@H](O[C@H](CO)[C@@H]3O[C@@H](OC[C@@H](O)[C@@H]4O[C@@H](O)[C@H](O)[C@H]4O)[C@H](O)[C@H]3O)O[C@@H]([C@H](O)CO)[C@@H]2O)[C@H](O[C@H]2O[C@H](CO)[C@@H](O)[C@H](O)[C@H]2O)[C@H]1O. The molecule has 5 aliphatic rings. The van der Waals surface area contributed by atoms with Crippen molar-refractivity contribution in [3.63, 3.8) is 0 Å². The molecule has 5 aliphatic heterocycles. The normalized spacial score (nSPS) is 49.3. The second-order valence-corrected chi connectivity index (χ2v) is 14.0. The fourth-order valence-corrected chi connectivity index (χ4v) is 6.97. The van der Waals surface area contributed by atoms with Crippen LogP contribution in [0.3, 0.4) is 0 Å². The van der Waals surface area contributed by atoms with Gasteiger partial charge in [-0.2, -0.15) is 0 Å². The minimum atomic E-state index is -2.00. The Balaban J connectivity index is 1.32. The summed E-state index contributed by atoms with van der Waals surface area (Å²) in [4.78, 5) is 0. The van der Waals surface area contributed by atoms with Crippen LogP contribution in [0.1, 0.15) is 0 Å². The highest BCUT2D eigenvalue weighted by Crippen LogP contribution is 2.37. The Morgan fingerprint density at radius 2 is 0.929 bits per heavy atom. The van der Waals surface area contributed by atoms with Crippen molar-refractivity contribution in [3.05, 3.63) is 0 Å². The Bertz CT molecular complexity index is 1210. The maximum Gasteiger partial charge on any atom is 0.187 e. The van der Waals surface area contributed by atoms with Gasteiger partial charge in [0.15, 0.2) is 31.5 Å². The molecular weight excluding hydrogens is 776 g/mol. The summed E-state index contributed by atoms with van der Waals surface area (Å²) in [5, 5.41) is 174. The number of hydrogen-bond acceptors (Lipinski definition) is 26. The van der Waals surface area contributed by atoms with Crippen molar-refractivity contribution in [2.45, 2.75) is 154 Å². The quantitative estimate of drug-likeness (QED) is 0.0647. The standard InChI is InChI=1S/C30H52O26/c31-1-6(35)20-18(45)24(56-30-25(19(46)21(53-30)7(36)2-32)55-28-16(43)12(39)11(38)9(3-33)49-28)29(52-20)50-10(4-34)23-14(41)17(44)27(54-23)48-5-8(37)22-13(40)15(42)26(47)51-22/h6-47H,1-5H2/t6-,7-,8-,9-,10-,11-,12+,13-,14-,15-,16-,17-,18+,19+,20+,21+,22+,23+,24-,25-,26-,27-,28-,29-,30-/m1/s1. The number of aliphatic hydroxyl groups excluding tert-OH is 17. The monoisotopic (exact) mass is 828 g/mol. The van der Waals surface area contributed by atoms with E-state index in [0.29, 0.717) is 0 Å². The van der Waals surface area contributed by atoms with Gasteiger partial charge in [-0.25, -0.2) is 0 Å². The first-order valence-corrected chi connectivity index (χ1v) is 17.6. The number of hydrogen-bond donors (Lipinski definition) is 17. The zero-order valence-corrected chi connectivity index (χ0v) is 29.2. The Labute approximate surface area is 316 Å². The van der Waals surface area contributed by atoms with E-state index in [0.717, 1.165) is 0 Å². The fraction of sp³-hybridized carbons (Fsp3) is 1.00. The van der Waals surface area contributed by atoms with Crippen molar-refractivity contribution < 1.29 is 129 Å². The molecule has 56 heavy (non-hydrogen) atoms. The molecule has 0 spiro atoms. The van der Waals surface area contributed by atoms with E-state index in [1.54, 1.807) is 0 Å². The van der Waals surface area contributed by atoms with Crippen LogP contribution >= 0.6 is 0 Å². The predicted molar refractivity (Wildman–Crippen MR) is 167 cm³/mol. The van der Waals surface area contributed by atoms with Gasteiger partial charge < -0.3 is 129 Å². The van der Waals surface area contributed by atoms with E-state index in [1.807, 2.05) is 0 Å². The second-order valence-electron chi connectivity index (χ2n) is 14.0. The smallest absolute Gasteiger partial charge is 0.187 e. The molecule has 0 amide bonds. The van der Waals surface area contributed by atoms with E-state index in [4.69, 9.17) is 42.6 Å². The lowest BCUT2D eigenvalue weighted by Gasteiger charge is -2.41. The summed E-state index contributed by atoms with van der Waals surface area (Å²) in [6.45, 7) is -4.55.